The van der Waals surface area contributed by atoms with Gasteiger partial charge in [-0.1, -0.05) is 49.4 Å². The topological polar surface area (TPSA) is 75.7 Å². The monoisotopic (exact) mass is 476 g/mol. The van der Waals surface area contributed by atoms with Crippen LogP contribution in [0.25, 0.3) is 0 Å². The Morgan fingerprint density at radius 3 is 2.56 bits per heavy atom. The molecule has 0 aromatic heterocycles. The van der Waals surface area contributed by atoms with Crippen LogP contribution < -0.4 is 9.46 Å². The van der Waals surface area contributed by atoms with Gasteiger partial charge in [0.15, 0.2) is 6.10 Å². The SMILES string of the molecule is CCC1Oc2ccc(NS(=O)(=O)c3ccccc3)cc2CN(C2CCCc3ccccc32)C1=O. The number of anilines is 1. The number of nitrogens with zero attached hydrogens (tertiary/aromatic N) is 1. The van der Waals surface area contributed by atoms with Crippen LogP contribution in [-0.2, 0) is 27.8 Å². The van der Waals surface area contributed by atoms with Crippen molar-refractivity contribution in [3.8, 4) is 5.75 Å². The second-order valence-corrected chi connectivity index (χ2v) is 10.5. The fraction of sp³-hybridized carbons (Fsp3) is 0.296. The summed E-state index contributed by atoms with van der Waals surface area (Å²) in [6.45, 7) is 2.31. The lowest BCUT2D eigenvalue weighted by atomic mass is 9.86. The number of hydrogen-bond acceptors (Lipinski definition) is 4. The lowest BCUT2D eigenvalue weighted by Crippen LogP contribution is -2.42. The number of amides is 1. The van der Waals surface area contributed by atoms with E-state index in [-0.39, 0.29) is 16.8 Å². The quantitative estimate of drug-likeness (QED) is 0.558. The molecule has 3 aromatic rings. The molecule has 7 heteroatoms. The van der Waals surface area contributed by atoms with E-state index < -0.39 is 16.1 Å². The summed E-state index contributed by atoms with van der Waals surface area (Å²) < 4.78 is 34.5. The lowest BCUT2D eigenvalue weighted by Gasteiger charge is -2.36. The second kappa shape index (κ2) is 9.14. The van der Waals surface area contributed by atoms with Gasteiger partial charge in [0.1, 0.15) is 5.75 Å². The van der Waals surface area contributed by atoms with Crippen LogP contribution in [0, 0.1) is 0 Å². The number of ether oxygens (including phenoxy) is 1. The van der Waals surface area contributed by atoms with Crippen LogP contribution >= 0.6 is 0 Å². The van der Waals surface area contributed by atoms with E-state index in [1.807, 2.05) is 24.0 Å². The van der Waals surface area contributed by atoms with E-state index in [4.69, 9.17) is 4.74 Å². The van der Waals surface area contributed by atoms with Crippen LogP contribution in [0.3, 0.4) is 0 Å². The van der Waals surface area contributed by atoms with Gasteiger partial charge in [-0.25, -0.2) is 8.42 Å². The minimum atomic E-state index is -3.72. The first-order valence-corrected chi connectivity index (χ1v) is 13.2. The number of benzene rings is 3. The molecule has 0 spiro atoms. The summed E-state index contributed by atoms with van der Waals surface area (Å²) >= 11 is 0. The molecule has 2 unspecified atom stereocenters. The molecule has 6 nitrogen and oxygen atoms in total. The fourth-order valence-corrected chi connectivity index (χ4v) is 5.99. The minimum absolute atomic E-state index is 0.0215. The summed E-state index contributed by atoms with van der Waals surface area (Å²) in [4.78, 5) is 15.7. The molecule has 0 radical (unpaired) electrons. The van der Waals surface area contributed by atoms with Gasteiger partial charge in [-0.15, -0.1) is 0 Å². The average Bonchev–Trinajstić information content (AvgIpc) is 3.00. The summed E-state index contributed by atoms with van der Waals surface area (Å²) in [6, 6.07) is 21.8. The van der Waals surface area contributed by atoms with Crippen LogP contribution in [0.2, 0.25) is 0 Å². The average molecular weight is 477 g/mol. The third-order valence-electron chi connectivity index (χ3n) is 6.62. The van der Waals surface area contributed by atoms with Gasteiger partial charge >= 0.3 is 0 Å². The molecular formula is C27H28N2O4S. The number of sulfonamides is 1. The molecule has 0 bridgehead atoms. The van der Waals surface area contributed by atoms with Gasteiger partial charge in [0, 0.05) is 11.3 Å². The maximum atomic E-state index is 13.5. The molecule has 1 amide bonds. The Labute approximate surface area is 200 Å². The molecule has 1 aliphatic heterocycles. The summed E-state index contributed by atoms with van der Waals surface area (Å²) in [6.07, 6.45) is 2.93. The first-order valence-electron chi connectivity index (χ1n) is 11.7. The maximum Gasteiger partial charge on any atom is 0.264 e. The minimum Gasteiger partial charge on any atom is -0.480 e. The van der Waals surface area contributed by atoms with Crippen molar-refractivity contribution in [2.45, 2.75) is 56.2 Å². The highest BCUT2D eigenvalue weighted by Crippen LogP contribution is 2.39. The normalized spacial score (nSPS) is 20.0. The molecule has 1 heterocycles. The van der Waals surface area contributed by atoms with E-state index in [0.29, 0.717) is 24.4 Å². The molecule has 1 aliphatic carbocycles. The smallest absolute Gasteiger partial charge is 0.264 e. The van der Waals surface area contributed by atoms with E-state index in [0.717, 1.165) is 24.8 Å². The Balaban J connectivity index is 1.49. The molecule has 2 aliphatic rings. The second-order valence-electron chi connectivity index (χ2n) is 8.83. The van der Waals surface area contributed by atoms with Crippen LogP contribution in [0.15, 0.2) is 77.7 Å². The third-order valence-corrected chi connectivity index (χ3v) is 8.02. The van der Waals surface area contributed by atoms with Crippen LogP contribution in [0.4, 0.5) is 5.69 Å². The van der Waals surface area contributed by atoms with E-state index in [2.05, 4.69) is 16.9 Å². The van der Waals surface area contributed by atoms with Crippen molar-refractivity contribution in [1.29, 1.82) is 0 Å². The van der Waals surface area contributed by atoms with Gasteiger partial charge in [0.25, 0.3) is 15.9 Å². The highest BCUT2D eigenvalue weighted by molar-refractivity contribution is 7.92. The van der Waals surface area contributed by atoms with Gasteiger partial charge < -0.3 is 9.64 Å². The molecule has 0 fully saturated rings. The molecule has 176 valence electrons. The summed E-state index contributed by atoms with van der Waals surface area (Å²) in [5.41, 5.74) is 3.72. The van der Waals surface area contributed by atoms with Crippen molar-refractivity contribution in [2.24, 2.45) is 0 Å². The van der Waals surface area contributed by atoms with E-state index in [1.165, 1.54) is 11.1 Å². The Morgan fingerprint density at radius 2 is 1.76 bits per heavy atom. The number of hydrogen-bond donors (Lipinski definition) is 1. The standard InChI is InChI=1S/C27H28N2O4S/c1-2-25-27(30)29(24-14-8-10-19-9-6-7-13-23(19)24)18-20-17-21(15-16-26(20)33-25)28-34(31,32)22-11-4-3-5-12-22/h3-7,9,11-13,15-17,24-25,28H,2,8,10,14,18H2,1H3. The molecule has 5 rings (SSSR count). The number of aryl methyl sites for hydroxylation is 1. The summed E-state index contributed by atoms with van der Waals surface area (Å²) in [5.74, 6) is 0.598. The zero-order valence-corrected chi connectivity index (χ0v) is 19.9. The first-order chi connectivity index (χ1) is 16.5. The van der Waals surface area contributed by atoms with Crippen LogP contribution in [0.5, 0.6) is 5.75 Å². The largest absolute Gasteiger partial charge is 0.480 e. The molecule has 1 N–H and O–H groups in total. The van der Waals surface area contributed by atoms with Crippen LogP contribution in [0.1, 0.15) is 48.9 Å². The molecule has 34 heavy (non-hydrogen) atoms. The molecule has 0 saturated carbocycles. The van der Waals surface area contributed by atoms with E-state index in [1.54, 1.807) is 48.5 Å². The Kier molecular flexibility index (Phi) is 6.04. The Morgan fingerprint density at radius 1 is 1.00 bits per heavy atom. The van der Waals surface area contributed by atoms with Gasteiger partial charge in [-0.2, -0.15) is 0 Å². The van der Waals surface area contributed by atoms with Gasteiger partial charge in [0.05, 0.1) is 17.5 Å². The number of nitrogens with one attached hydrogen (secondary N) is 1. The fourth-order valence-electron chi connectivity index (χ4n) is 4.92. The third kappa shape index (κ3) is 4.28. The molecule has 3 aromatic carbocycles. The van der Waals surface area contributed by atoms with Gasteiger partial charge in [-0.05, 0) is 67.1 Å². The summed E-state index contributed by atoms with van der Waals surface area (Å²) in [7, 11) is -3.72. The first kappa shape index (κ1) is 22.5. The lowest BCUT2D eigenvalue weighted by molar-refractivity contribution is -0.141. The van der Waals surface area contributed by atoms with Gasteiger partial charge in [0.2, 0.25) is 0 Å². The van der Waals surface area contributed by atoms with Crippen molar-refractivity contribution in [3.05, 3.63) is 89.5 Å². The van der Waals surface area contributed by atoms with Crippen molar-refractivity contribution in [3.63, 3.8) is 0 Å². The number of fused-ring (bicyclic) bond motifs is 2. The van der Waals surface area contributed by atoms with Gasteiger partial charge in [-0.3, -0.25) is 9.52 Å². The van der Waals surface area contributed by atoms with Crippen molar-refractivity contribution in [1.82, 2.24) is 4.90 Å². The highest BCUT2D eigenvalue weighted by atomic mass is 32.2. The molecular weight excluding hydrogens is 448 g/mol. The highest BCUT2D eigenvalue weighted by Gasteiger charge is 2.36. The van der Waals surface area contributed by atoms with Crippen molar-refractivity contribution < 1.29 is 17.9 Å². The predicted molar refractivity (Wildman–Crippen MR) is 131 cm³/mol. The number of carbonyl (C=O) groups excluding carboxylic acids is 1. The maximum absolute atomic E-state index is 13.5. The van der Waals surface area contributed by atoms with Crippen molar-refractivity contribution >= 4 is 21.6 Å². The number of rotatable bonds is 5. The van der Waals surface area contributed by atoms with E-state index >= 15 is 0 Å². The molecule has 2 atom stereocenters. The van der Waals surface area contributed by atoms with E-state index in [9.17, 15) is 13.2 Å². The number of carbonyl (C=O) groups is 1. The van der Waals surface area contributed by atoms with Crippen LogP contribution in [-0.4, -0.2) is 25.3 Å². The molecule has 0 saturated heterocycles. The summed E-state index contributed by atoms with van der Waals surface area (Å²) in [5, 5.41) is 0. The zero-order valence-electron chi connectivity index (χ0n) is 19.1. The Bertz CT molecular complexity index is 1310. The predicted octanol–water partition coefficient (Wildman–Crippen LogP) is 5.06. The Hall–Kier alpha value is -3.32. The zero-order chi connectivity index (χ0) is 23.7. The van der Waals surface area contributed by atoms with Crippen molar-refractivity contribution in [2.75, 3.05) is 4.72 Å².